The second kappa shape index (κ2) is 5.86. The quantitative estimate of drug-likeness (QED) is 0.634. The summed E-state index contributed by atoms with van der Waals surface area (Å²) in [6.45, 7) is 5.33. The molecular weight excluding hydrogens is 238 g/mol. The molecule has 2 rings (SSSR count). The Morgan fingerprint density at radius 3 is 2.79 bits per heavy atom. The normalized spacial score (nSPS) is 20.7. The molecule has 6 N–H and O–H groups in total. The fourth-order valence-electron chi connectivity index (χ4n) is 2.06. The Kier molecular flexibility index (Phi) is 4.19. The second-order valence-electron chi connectivity index (χ2n) is 4.63. The zero-order chi connectivity index (χ0) is 13.8. The number of rotatable bonds is 3. The number of nitrogens with two attached hydrogens (primary N) is 2. The summed E-state index contributed by atoms with van der Waals surface area (Å²) in [5.74, 6) is 0.771. The standard InChI is InChI=1S/C14H21N5/c1-9-4-3-5-11(10(9)2)12-8-13(17-7-6-15)19-14(16)18-12/h3-5,8,14,18H,6-7,15-16H2,1-2H3,(H,17,19). The van der Waals surface area contributed by atoms with E-state index in [1.54, 1.807) is 0 Å². The first-order valence-corrected chi connectivity index (χ1v) is 6.43. The number of benzene rings is 1. The molecule has 0 aromatic heterocycles. The van der Waals surface area contributed by atoms with Crippen molar-refractivity contribution in [2.45, 2.75) is 20.1 Å². The van der Waals surface area contributed by atoms with Crippen molar-refractivity contribution in [1.29, 1.82) is 0 Å². The maximum absolute atomic E-state index is 5.94. The molecule has 1 unspecified atom stereocenters. The van der Waals surface area contributed by atoms with Crippen LogP contribution in [-0.4, -0.2) is 25.2 Å². The number of hydrogen-bond acceptors (Lipinski definition) is 4. The van der Waals surface area contributed by atoms with Crippen LogP contribution in [0.4, 0.5) is 0 Å². The average Bonchev–Trinajstić information content (AvgIpc) is 2.39. The van der Waals surface area contributed by atoms with Gasteiger partial charge in [0.1, 0.15) is 5.84 Å². The molecule has 1 atom stereocenters. The first-order valence-electron chi connectivity index (χ1n) is 6.43. The molecule has 1 heterocycles. The van der Waals surface area contributed by atoms with Gasteiger partial charge in [-0.05, 0) is 25.0 Å². The smallest absolute Gasteiger partial charge is 0.151 e. The van der Waals surface area contributed by atoms with Crippen molar-refractivity contribution in [3.05, 3.63) is 41.0 Å². The van der Waals surface area contributed by atoms with E-state index >= 15 is 0 Å². The molecule has 0 radical (unpaired) electrons. The van der Waals surface area contributed by atoms with Crippen LogP contribution in [0.1, 0.15) is 16.7 Å². The van der Waals surface area contributed by atoms with Gasteiger partial charge in [0.2, 0.25) is 0 Å². The molecule has 0 spiro atoms. The highest BCUT2D eigenvalue weighted by Gasteiger charge is 2.16. The summed E-state index contributed by atoms with van der Waals surface area (Å²) in [6.07, 6.45) is 1.64. The Balaban J connectivity index is 2.37. The van der Waals surface area contributed by atoms with Gasteiger partial charge in [0, 0.05) is 23.9 Å². The highest BCUT2D eigenvalue weighted by Crippen LogP contribution is 2.20. The van der Waals surface area contributed by atoms with E-state index in [0.29, 0.717) is 13.1 Å². The minimum Gasteiger partial charge on any atom is -0.353 e. The van der Waals surface area contributed by atoms with E-state index in [2.05, 4.69) is 41.6 Å². The minimum atomic E-state index is -0.337. The molecule has 1 aliphatic heterocycles. The van der Waals surface area contributed by atoms with Crippen molar-refractivity contribution in [3.63, 3.8) is 0 Å². The molecule has 0 bridgehead atoms. The van der Waals surface area contributed by atoms with Crippen LogP contribution in [-0.2, 0) is 0 Å². The SMILES string of the molecule is Cc1cccc(C2=CC(=NCCN)NC(N)N2)c1C. The lowest BCUT2D eigenvalue weighted by atomic mass is 10.00. The number of nitrogens with one attached hydrogen (secondary N) is 2. The highest BCUT2D eigenvalue weighted by molar-refractivity contribution is 6.00. The lowest BCUT2D eigenvalue weighted by Crippen LogP contribution is -2.53. The monoisotopic (exact) mass is 259 g/mol. The summed E-state index contributed by atoms with van der Waals surface area (Å²) in [6, 6.07) is 6.23. The van der Waals surface area contributed by atoms with Crippen LogP contribution < -0.4 is 22.1 Å². The molecule has 1 aromatic rings. The summed E-state index contributed by atoms with van der Waals surface area (Å²) in [5, 5.41) is 6.29. The molecule has 1 aliphatic rings. The molecular formula is C14H21N5. The Morgan fingerprint density at radius 2 is 2.05 bits per heavy atom. The fraction of sp³-hybridized carbons (Fsp3) is 0.357. The largest absolute Gasteiger partial charge is 0.353 e. The van der Waals surface area contributed by atoms with Gasteiger partial charge in [-0.3, -0.25) is 10.7 Å². The number of nitrogens with zero attached hydrogens (tertiary/aromatic N) is 1. The molecule has 0 saturated carbocycles. The summed E-state index contributed by atoms with van der Waals surface area (Å²) in [7, 11) is 0. The van der Waals surface area contributed by atoms with Crippen molar-refractivity contribution >= 4 is 11.5 Å². The van der Waals surface area contributed by atoms with Crippen LogP contribution in [0.3, 0.4) is 0 Å². The van der Waals surface area contributed by atoms with Gasteiger partial charge in [-0.2, -0.15) is 0 Å². The summed E-state index contributed by atoms with van der Waals surface area (Å²) in [5.41, 5.74) is 16.0. The van der Waals surface area contributed by atoms with E-state index in [4.69, 9.17) is 11.5 Å². The maximum atomic E-state index is 5.94. The third-order valence-electron chi connectivity index (χ3n) is 3.20. The predicted octanol–water partition coefficient (Wildman–Crippen LogP) is 0.437. The number of amidine groups is 1. The molecule has 1 aromatic carbocycles. The molecule has 102 valence electrons. The number of hydrogen-bond donors (Lipinski definition) is 4. The molecule has 0 saturated heterocycles. The van der Waals surface area contributed by atoms with Crippen molar-refractivity contribution in [2.24, 2.45) is 16.5 Å². The van der Waals surface area contributed by atoms with Crippen LogP contribution >= 0.6 is 0 Å². The van der Waals surface area contributed by atoms with Crippen LogP contribution in [0.2, 0.25) is 0 Å². The molecule has 0 aliphatic carbocycles. The van der Waals surface area contributed by atoms with Gasteiger partial charge in [-0.25, -0.2) is 0 Å². The van der Waals surface area contributed by atoms with Gasteiger partial charge in [0.05, 0.1) is 6.54 Å². The van der Waals surface area contributed by atoms with Crippen LogP contribution in [0, 0.1) is 13.8 Å². The zero-order valence-corrected chi connectivity index (χ0v) is 11.4. The summed E-state index contributed by atoms with van der Waals surface area (Å²) >= 11 is 0. The second-order valence-corrected chi connectivity index (χ2v) is 4.63. The first-order chi connectivity index (χ1) is 9.11. The molecule has 0 fully saturated rings. The Labute approximate surface area is 113 Å². The van der Waals surface area contributed by atoms with E-state index in [1.807, 2.05) is 12.1 Å². The van der Waals surface area contributed by atoms with E-state index < -0.39 is 0 Å². The topological polar surface area (TPSA) is 88.5 Å². The van der Waals surface area contributed by atoms with Crippen molar-refractivity contribution < 1.29 is 0 Å². The van der Waals surface area contributed by atoms with E-state index in [0.717, 1.165) is 17.1 Å². The third-order valence-corrected chi connectivity index (χ3v) is 3.20. The van der Waals surface area contributed by atoms with Gasteiger partial charge in [0.25, 0.3) is 0 Å². The van der Waals surface area contributed by atoms with Crippen molar-refractivity contribution in [3.8, 4) is 0 Å². The molecule has 19 heavy (non-hydrogen) atoms. The minimum absolute atomic E-state index is 0.337. The number of aryl methyl sites for hydroxylation is 1. The van der Waals surface area contributed by atoms with Gasteiger partial charge in [-0.1, -0.05) is 18.2 Å². The van der Waals surface area contributed by atoms with E-state index in [1.165, 1.54) is 11.1 Å². The number of aliphatic imine (C=N–C) groups is 1. The lowest BCUT2D eigenvalue weighted by molar-refractivity contribution is 0.576. The predicted molar refractivity (Wildman–Crippen MR) is 79.5 cm³/mol. The van der Waals surface area contributed by atoms with Crippen LogP contribution in [0.5, 0.6) is 0 Å². The van der Waals surface area contributed by atoms with Gasteiger partial charge >= 0.3 is 0 Å². The van der Waals surface area contributed by atoms with Crippen LogP contribution in [0.15, 0.2) is 29.3 Å². The van der Waals surface area contributed by atoms with Crippen LogP contribution in [0.25, 0.3) is 5.70 Å². The zero-order valence-electron chi connectivity index (χ0n) is 11.4. The van der Waals surface area contributed by atoms with Crippen molar-refractivity contribution in [1.82, 2.24) is 10.6 Å². The molecule has 0 amide bonds. The van der Waals surface area contributed by atoms with Gasteiger partial charge in [0.15, 0.2) is 6.29 Å². The Morgan fingerprint density at radius 1 is 1.26 bits per heavy atom. The Bertz CT molecular complexity index is 519. The van der Waals surface area contributed by atoms with E-state index in [9.17, 15) is 0 Å². The molecule has 5 heteroatoms. The average molecular weight is 259 g/mol. The van der Waals surface area contributed by atoms with Crippen molar-refractivity contribution in [2.75, 3.05) is 13.1 Å². The first kappa shape index (κ1) is 13.6. The summed E-state index contributed by atoms with van der Waals surface area (Å²) in [4.78, 5) is 4.36. The van der Waals surface area contributed by atoms with Gasteiger partial charge < -0.3 is 16.4 Å². The highest BCUT2D eigenvalue weighted by atomic mass is 15.3. The Hall–Kier alpha value is -1.85. The maximum Gasteiger partial charge on any atom is 0.151 e. The van der Waals surface area contributed by atoms with E-state index in [-0.39, 0.29) is 6.29 Å². The lowest BCUT2D eigenvalue weighted by Gasteiger charge is -2.26. The van der Waals surface area contributed by atoms with Gasteiger partial charge in [-0.15, -0.1) is 0 Å². The fourth-order valence-corrected chi connectivity index (χ4v) is 2.06. The summed E-state index contributed by atoms with van der Waals surface area (Å²) < 4.78 is 0. The molecule has 5 nitrogen and oxygen atoms in total. The third kappa shape index (κ3) is 3.13.